The SMILES string of the molecule is Cc1ccc(C(CNC(=O)CCc2nc(-c3ccc(C)c(F)c3)no2)N(C)C)cc1. The number of hydrogen-bond acceptors (Lipinski definition) is 5. The van der Waals surface area contributed by atoms with Gasteiger partial charge >= 0.3 is 0 Å². The Balaban J connectivity index is 1.53. The first-order chi connectivity index (χ1) is 14.3. The Hall–Kier alpha value is -3.06. The van der Waals surface area contributed by atoms with Crippen molar-refractivity contribution in [2.45, 2.75) is 32.7 Å². The second-order valence-electron chi connectivity index (χ2n) is 7.67. The maximum absolute atomic E-state index is 13.7. The third-order valence-corrected chi connectivity index (χ3v) is 5.04. The van der Waals surface area contributed by atoms with E-state index in [1.807, 2.05) is 14.1 Å². The van der Waals surface area contributed by atoms with Crippen LogP contribution in [0.1, 0.15) is 35.0 Å². The van der Waals surface area contributed by atoms with Crippen molar-refractivity contribution in [2.75, 3.05) is 20.6 Å². The van der Waals surface area contributed by atoms with E-state index in [-0.39, 0.29) is 24.2 Å². The van der Waals surface area contributed by atoms with Gasteiger partial charge in [-0.3, -0.25) is 4.79 Å². The molecule has 30 heavy (non-hydrogen) atoms. The van der Waals surface area contributed by atoms with E-state index in [0.717, 1.165) is 5.56 Å². The molecule has 1 N–H and O–H groups in total. The van der Waals surface area contributed by atoms with Crippen molar-refractivity contribution < 1.29 is 13.7 Å². The second kappa shape index (κ2) is 9.63. The molecule has 6 nitrogen and oxygen atoms in total. The Bertz CT molecular complexity index is 999. The molecule has 1 atom stereocenters. The summed E-state index contributed by atoms with van der Waals surface area (Å²) in [7, 11) is 3.98. The zero-order chi connectivity index (χ0) is 21.7. The maximum Gasteiger partial charge on any atom is 0.227 e. The Morgan fingerprint density at radius 2 is 1.90 bits per heavy atom. The van der Waals surface area contributed by atoms with E-state index < -0.39 is 0 Å². The fourth-order valence-electron chi connectivity index (χ4n) is 3.11. The standard InChI is InChI=1S/C23H27FN4O2/c1-15-5-8-17(9-6-15)20(28(3)4)14-25-21(29)11-12-22-26-23(27-30-22)18-10-7-16(2)19(24)13-18/h5-10,13,20H,11-12,14H2,1-4H3,(H,25,29). The van der Waals surface area contributed by atoms with Crippen LogP contribution in [-0.4, -0.2) is 41.6 Å². The van der Waals surface area contributed by atoms with Gasteiger partial charge in [0.25, 0.3) is 0 Å². The van der Waals surface area contributed by atoms with Gasteiger partial charge in [-0.1, -0.05) is 47.1 Å². The maximum atomic E-state index is 13.7. The van der Waals surface area contributed by atoms with E-state index >= 15 is 0 Å². The number of carbonyl (C=O) groups is 1. The van der Waals surface area contributed by atoms with Crippen LogP contribution in [-0.2, 0) is 11.2 Å². The number of carbonyl (C=O) groups excluding carboxylic acids is 1. The third-order valence-electron chi connectivity index (χ3n) is 5.04. The number of aryl methyl sites for hydroxylation is 3. The van der Waals surface area contributed by atoms with Gasteiger partial charge in [0, 0.05) is 24.9 Å². The molecule has 0 saturated carbocycles. The Morgan fingerprint density at radius 3 is 2.57 bits per heavy atom. The largest absolute Gasteiger partial charge is 0.354 e. The number of hydrogen-bond donors (Lipinski definition) is 1. The Kier molecular flexibility index (Phi) is 6.95. The molecule has 1 heterocycles. The molecule has 1 unspecified atom stereocenters. The molecule has 1 amide bonds. The molecule has 2 aromatic carbocycles. The summed E-state index contributed by atoms with van der Waals surface area (Å²) in [6.07, 6.45) is 0.558. The van der Waals surface area contributed by atoms with Gasteiger partial charge in [0.05, 0.1) is 6.04 Å². The number of rotatable bonds is 8. The van der Waals surface area contributed by atoms with Gasteiger partial charge in [-0.05, 0) is 45.1 Å². The van der Waals surface area contributed by atoms with Crippen molar-refractivity contribution in [1.29, 1.82) is 0 Å². The summed E-state index contributed by atoms with van der Waals surface area (Å²) in [5.74, 6) is 0.262. The fourth-order valence-corrected chi connectivity index (χ4v) is 3.11. The molecule has 0 aliphatic rings. The molecule has 3 aromatic rings. The van der Waals surface area contributed by atoms with E-state index in [9.17, 15) is 9.18 Å². The molecule has 158 valence electrons. The van der Waals surface area contributed by atoms with Crippen molar-refractivity contribution in [2.24, 2.45) is 0 Å². The molecule has 0 fully saturated rings. The van der Waals surface area contributed by atoms with E-state index in [4.69, 9.17) is 4.52 Å². The highest BCUT2D eigenvalue weighted by Crippen LogP contribution is 2.20. The van der Waals surface area contributed by atoms with Crippen LogP contribution in [0.4, 0.5) is 4.39 Å². The summed E-state index contributed by atoms with van der Waals surface area (Å²) in [5, 5.41) is 6.87. The van der Waals surface area contributed by atoms with Crippen molar-refractivity contribution >= 4 is 5.91 Å². The molecule has 3 rings (SSSR count). The van der Waals surface area contributed by atoms with E-state index in [2.05, 4.69) is 51.5 Å². The number of aromatic nitrogens is 2. The van der Waals surface area contributed by atoms with Crippen LogP contribution in [0.25, 0.3) is 11.4 Å². The number of benzene rings is 2. The lowest BCUT2D eigenvalue weighted by molar-refractivity contribution is -0.121. The van der Waals surface area contributed by atoms with Crippen LogP contribution in [0, 0.1) is 19.7 Å². The quantitative estimate of drug-likeness (QED) is 0.611. The summed E-state index contributed by atoms with van der Waals surface area (Å²) in [6.45, 7) is 4.25. The van der Waals surface area contributed by atoms with Crippen LogP contribution >= 0.6 is 0 Å². The molecular weight excluding hydrogens is 383 g/mol. The van der Waals surface area contributed by atoms with Gasteiger partial charge in [-0.15, -0.1) is 0 Å². The smallest absolute Gasteiger partial charge is 0.227 e. The van der Waals surface area contributed by atoms with Crippen LogP contribution in [0.5, 0.6) is 0 Å². The number of halogens is 1. The first-order valence-corrected chi connectivity index (χ1v) is 9.92. The summed E-state index contributed by atoms with van der Waals surface area (Å²) in [6, 6.07) is 13.2. The first kappa shape index (κ1) is 21.6. The molecule has 1 aromatic heterocycles. The molecule has 0 bridgehead atoms. The molecule has 0 radical (unpaired) electrons. The van der Waals surface area contributed by atoms with E-state index in [1.165, 1.54) is 11.6 Å². The van der Waals surface area contributed by atoms with Gasteiger partial charge < -0.3 is 14.7 Å². The number of nitrogens with zero attached hydrogens (tertiary/aromatic N) is 3. The van der Waals surface area contributed by atoms with E-state index in [0.29, 0.717) is 35.8 Å². The van der Waals surface area contributed by atoms with Crippen LogP contribution in [0.15, 0.2) is 47.0 Å². The Morgan fingerprint density at radius 1 is 1.17 bits per heavy atom. The van der Waals surface area contributed by atoms with Crippen molar-refractivity contribution in [3.8, 4) is 11.4 Å². The predicted octanol–water partition coefficient (Wildman–Crippen LogP) is 3.84. The summed E-state index contributed by atoms with van der Waals surface area (Å²) < 4.78 is 18.9. The van der Waals surface area contributed by atoms with Crippen molar-refractivity contribution in [1.82, 2.24) is 20.4 Å². The van der Waals surface area contributed by atoms with Gasteiger partial charge in [0.1, 0.15) is 5.82 Å². The molecule has 0 aliphatic carbocycles. The first-order valence-electron chi connectivity index (χ1n) is 9.92. The van der Waals surface area contributed by atoms with Crippen LogP contribution in [0.2, 0.25) is 0 Å². The highest BCUT2D eigenvalue weighted by atomic mass is 19.1. The van der Waals surface area contributed by atoms with Gasteiger partial charge in [-0.2, -0.15) is 4.98 Å². The lowest BCUT2D eigenvalue weighted by Crippen LogP contribution is -2.34. The van der Waals surface area contributed by atoms with Crippen molar-refractivity contribution in [3.05, 3.63) is 70.9 Å². The van der Waals surface area contributed by atoms with Gasteiger partial charge in [0.2, 0.25) is 17.6 Å². The molecule has 0 saturated heterocycles. The van der Waals surface area contributed by atoms with Gasteiger partial charge in [-0.25, -0.2) is 4.39 Å². The third kappa shape index (κ3) is 5.51. The average molecular weight is 410 g/mol. The normalized spacial score (nSPS) is 12.2. The highest BCUT2D eigenvalue weighted by molar-refractivity contribution is 5.76. The van der Waals surface area contributed by atoms with Gasteiger partial charge in [0.15, 0.2) is 0 Å². The van der Waals surface area contributed by atoms with E-state index in [1.54, 1.807) is 19.1 Å². The fraction of sp³-hybridized carbons (Fsp3) is 0.348. The minimum Gasteiger partial charge on any atom is -0.354 e. The zero-order valence-corrected chi connectivity index (χ0v) is 17.8. The lowest BCUT2D eigenvalue weighted by atomic mass is 10.0. The zero-order valence-electron chi connectivity index (χ0n) is 17.8. The summed E-state index contributed by atoms with van der Waals surface area (Å²) in [4.78, 5) is 18.7. The number of likely N-dealkylation sites (N-methyl/N-ethyl adjacent to an activating group) is 1. The predicted molar refractivity (Wildman–Crippen MR) is 113 cm³/mol. The number of nitrogens with one attached hydrogen (secondary N) is 1. The second-order valence-corrected chi connectivity index (χ2v) is 7.67. The summed E-state index contributed by atoms with van der Waals surface area (Å²) in [5.41, 5.74) is 3.45. The highest BCUT2D eigenvalue weighted by Gasteiger charge is 2.16. The molecule has 7 heteroatoms. The minimum atomic E-state index is -0.317. The lowest BCUT2D eigenvalue weighted by Gasteiger charge is -2.25. The average Bonchev–Trinajstić information content (AvgIpc) is 3.19. The number of amides is 1. The minimum absolute atomic E-state index is 0.0843. The monoisotopic (exact) mass is 410 g/mol. The molecular formula is C23H27FN4O2. The van der Waals surface area contributed by atoms with Crippen LogP contribution in [0.3, 0.4) is 0 Å². The van der Waals surface area contributed by atoms with Crippen molar-refractivity contribution in [3.63, 3.8) is 0 Å². The molecule has 0 aliphatic heterocycles. The topological polar surface area (TPSA) is 71.3 Å². The van der Waals surface area contributed by atoms with Crippen LogP contribution < -0.4 is 5.32 Å². The summed E-state index contributed by atoms with van der Waals surface area (Å²) >= 11 is 0. The molecule has 0 spiro atoms. The Labute approximate surface area is 176 Å².